The number of H-pyrrole nitrogens is 1. The average molecular weight is 475 g/mol. The lowest BCUT2D eigenvalue weighted by Crippen LogP contribution is -2.28. The van der Waals surface area contributed by atoms with E-state index < -0.39 is 0 Å². The van der Waals surface area contributed by atoms with E-state index in [9.17, 15) is 9.59 Å². The van der Waals surface area contributed by atoms with Crippen LogP contribution in [-0.4, -0.2) is 59.3 Å². The Morgan fingerprint density at radius 1 is 1.17 bits per heavy atom. The van der Waals surface area contributed by atoms with Crippen LogP contribution in [0.3, 0.4) is 0 Å². The van der Waals surface area contributed by atoms with Gasteiger partial charge < -0.3 is 24.7 Å². The van der Waals surface area contributed by atoms with Crippen LogP contribution in [0.4, 0.5) is 11.5 Å². The highest BCUT2D eigenvalue weighted by Gasteiger charge is 2.17. The van der Waals surface area contributed by atoms with Gasteiger partial charge in [0.25, 0.3) is 0 Å². The molecule has 0 saturated carbocycles. The monoisotopic (exact) mass is 474 g/mol. The molecule has 2 aromatic heterocycles. The van der Waals surface area contributed by atoms with Crippen molar-refractivity contribution in [1.29, 1.82) is 0 Å². The first kappa shape index (κ1) is 22.6. The lowest BCUT2D eigenvalue weighted by molar-refractivity contribution is -0.114. The van der Waals surface area contributed by atoms with Crippen LogP contribution in [0.1, 0.15) is 13.3 Å². The van der Waals surface area contributed by atoms with Gasteiger partial charge in [-0.25, -0.2) is 4.68 Å². The smallest absolute Gasteiger partial charge is 0.221 e. The summed E-state index contributed by atoms with van der Waals surface area (Å²) in [5.74, 6) is 1.16. The molecule has 0 atom stereocenters. The Labute approximate surface area is 201 Å². The van der Waals surface area contributed by atoms with Gasteiger partial charge in [0.05, 0.1) is 25.4 Å². The summed E-state index contributed by atoms with van der Waals surface area (Å²) in [5, 5.41) is 12.0. The zero-order chi connectivity index (χ0) is 24.4. The Morgan fingerprint density at radius 2 is 2.06 bits per heavy atom. The van der Waals surface area contributed by atoms with Crippen molar-refractivity contribution in [3.8, 4) is 22.7 Å². The summed E-state index contributed by atoms with van der Waals surface area (Å²) >= 11 is 0. The van der Waals surface area contributed by atoms with Crippen LogP contribution in [0.25, 0.3) is 27.8 Å². The molecule has 0 radical (unpaired) electrons. The molecular formula is C25H26N6O4. The second kappa shape index (κ2) is 9.59. The van der Waals surface area contributed by atoms with Gasteiger partial charge >= 0.3 is 0 Å². The van der Waals surface area contributed by atoms with E-state index in [0.29, 0.717) is 46.9 Å². The predicted molar refractivity (Wildman–Crippen MR) is 133 cm³/mol. The highest BCUT2D eigenvalue weighted by molar-refractivity contribution is 5.93. The number of rotatable bonds is 5. The fourth-order valence-corrected chi connectivity index (χ4v) is 4.28. The van der Waals surface area contributed by atoms with Crippen LogP contribution >= 0.6 is 0 Å². The van der Waals surface area contributed by atoms with Crippen molar-refractivity contribution in [2.75, 3.05) is 43.6 Å². The van der Waals surface area contributed by atoms with E-state index in [1.54, 1.807) is 48.3 Å². The third-order valence-electron chi connectivity index (χ3n) is 5.93. The molecule has 1 fully saturated rings. The standard InChI is InChI=1S/C25H26N6O4/c1-16(32)26-17-7-8-23(34-2)21(13-17)31-15-20(28-29-31)18-5-3-6-19-22(33)14-24(27-25(18)19)30-9-4-11-35-12-10-30/h3,5-8,13-15H,4,9-12H2,1-2H3,(H,26,32)(H,27,33). The molecule has 0 bridgehead atoms. The number of anilines is 2. The van der Waals surface area contributed by atoms with Gasteiger partial charge in [0, 0.05) is 49.3 Å². The number of carbonyl (C=O) groups excluding carboxylic acids is 1. The number of methoxy groups -OCH3 is 1. The van der Waals surface area contributed by atoms with Crippen molar-refractivity contribution >= 4 is 28.3 Å². The second-order valence-corrected chi connectivity index (χ2v) is 8.32. The Hall–Kier alpha value is -4.18. The van der Waals surface area contributed by atoms with E-state index in [1.807, 2.05) is 12.1 Å². The number of amides is 1. The minimum absolute atomic E-state index is 0.0576. The predicted octanol–water partition coefficient (Wildman–Crippen LogP) is 2.97. The first-order valence-corrected chi connectivity index (χ1v) is 11.4. The Balaban J connectivity index is 1.58. The number of aromatic nitrogens is 4. The molecule has 1 saturated heterocycles. The van der Waals surface area contributed by atoms with Crippen LogP contribution in [0.15, 0.2) is 53.5 Å². The fourth-order valence-electron chi connectivity index (χ4n) is 4.28. The maximum Gasteiger partial charge on any atom is 0.221 e. The summed E-state index contributed by atoms with van der Waals surface area (Å²) < 4.78 is 12.6. The molecule has 1 aliphatic heterocycles. The van der Waals surface area contributed by atoms with E-state index in [1.165, 1.54) is 6.92 Å². The number of ether oxygens (including phenoxy) is 2. The number of fused-ring (bicyclic) bond motifs is 1. The molecule has 1 aliphatic rings. The third-order valence-corrected chi connectivity index (χ3v) is 5.93. The topological polar surface area (TPSA) is 114 Å². The van der Waals surface area contributed by atoms with Gasteiger partial charge in [-0.15, -0.1) is 5.10 Å². The number of aromatic amines is 1. The Kier molecular flexibility index (Phi) is 6.19. The van der Waals surface area contributed by atoms with Crippen molar-refractivity contribution in [3.05, 3.63) is 58.9 Å². The molecule has 0 aliphatic carbocycles. The van der Waals surface area contributed by atoms with E-state index in [2.05, 4.69) is 25.5 Å². The van der Waals surface area contributed by atoms with Crippen LogP contribution in [0.5, 0.6) is 5.75 Å². The van der Waals surface area contributed by atoms with Gasteiger partial charge in [0.2, 0.25) is 5.91 Å². The maximum absolute atomic E-state index is 13.0. The summed E-state index contributed by atoms with van der Waals surface area (Å²) in [5.41, 5.74) is 3.23. The first-order chi connectivity index (χ1) is 17.0. The van der Waals surface area contributed by atoms with Gasteiger partial charge in [-0.05, 0) is 30.7 Å². The first-order valence-electron chi connectivity index (χ1n) is 11.4. The minimum Gasteiger partial charge on any atom is -0.494 e. The van der Waals surface area contributed by atoms with Gasteiger partial charge in [0.15, 0.2) is 5.43 Å². The molecule has 1 amide bonds. The lowest BCUT2D eigenvalue weighted by Gasteiger charge is -2.22. The summed E-state index contributed by atoms with van der Waals surface area (Å²) in [7, 11) is 1.57. The number of nitrogens with one attached hydrogen (secondary N) is 2. The molecular weight excluding hydrogens is 448 g/mol. The second-order valence-electron chi connectivity index (χ2n) is 8.32. The maximum atomic E-state index is 13.0. The Bertz CT molecular complexity index is 1440. The third kappa shape index (κ3) is 4.60. The molecule has 2 N–H and O–H groups in total. The Morgan fingerprint density at radius 3 is 2.89 bits per heavy atom. The van der Waals surface area contributed by atoms with Gasteiger partial charge in [-0.2, -0.15) is 0 Å². The van der Waals surface area contributed by atoms with Crippen molar-refractivity contribution in [2.45, 2.75) is 13.3 Å². The molecule has 0 spiro atoms. The molecule has 180 valence electrons. The van der Waals surface area contributed by atoms with Crippen molar-refractivity contribution in [2.24, 2.45) is 0 Å². The van der Waals surface area contributed by atoms with Crippen LogP contribution in [0, 0.1) is 0 Å². The van der Waals surface area contributed by atoms with E-state index in [0.717, 1.165) is 31.0 Å². The van der Waals surface area contributed by atoms with Crippen molar-refractivity contribution in [1.82, 2.24) is 20.0 Å². The van der Waals surface area contributed by atoms with Crippen LogP contribution < -0.4 is 20.4 Å². The highest BCUT2D eigenvalue weighted by Crippen LogP contribution is 2.30. The average Bonchev–Trinajstić information content (AvgIpc) is 3.18. The molecule has 5 rings (SSSR count). The highest BCUT2D eigenvalue weighted by atomic mass is 16.5. The number of carbonyl (C=O) groups is 1. The normalized spacial score (nSPS) is 14.1. The number of nitrogens with zero attached hydrogens (tertiary/aromatic N) is 4. The number of hydrogen-bond donors (Lipinski definition) is 2. The molecule has 2 aromatic carbocycles. The molecule has 10 heteroatoms. The van der Waals surface area contributed by atoms with Gasteiger partial charge in [-0.1, -0.05) is 17.3 Å². The van der Waals surface area contributed by atoms with E-state index >= 15 is 0 Å². The number of hydrogen-bond acceptors (Lipinski definition) is 7. The van der Waals surface area contributed by atoms with Gasteiger partial charge in [0.1, 0.15) is 22.9 Å². The molecule has 0 unspecified atom stereocenters. The van der Waals surface area contributed by atoms with E-state index in [-0.39, 0.29) is 11.3 Å². The SMILES string of the molecule is COc1ccc(NC(C)=O)cc1-n1cc(-c2cccc3c(=O)cc(N4CCCOCC4)[nH]c23)nn1. The number of para-hydroxylation sites is 1. The lowest BCUT2D eigenvalue weighted by atomic mass is 10.1. The fraction of sp³-hybridized carbons (Fsp3) is 0.280. The largest absolute Gasteiger partial charge is 0.494 e. The summed E-state index contributed by atoms with van der Waals surface area (Å²) in [6.07, 6.45) is 2.67. The summed E-state index contributed by atoms with van der Waals surface area (Å²) in [4.78, 5) is 30.1. The summed E-state index contributed by atoms with van der Waals surface area (Å²) in [6, 6.07) is 12.5. The number of benzene rings is 2. The minimum atomic E-state index is -0.174. The van der Waals surface area contributed by atoms with Crippen molar-refractivity contribution in [3.63, 3.8) is 0 Å². The zero-order valence-electron chi connectivity index (χ0n) is 19.6. The van der Waals surface area contributed by atoms with Crippen LogP contribution in [-0.2, 0) is 9.53 Å². The summed E-state index contributed by atoms with van der Waals surface area (Å²) in [6.45, 7) is 4.31. The number of pyridine rings is 1. The molecule has 35 heavy (non-hydrogen) atoms. The van der Waals surface area contributed by atoms with E-state index in [4.69, 9.17) is 9.47 Å². The zero-order valence-corrected chi connectivity index (χ0v) is 19.6. The molecule has 10 nitrogen and oxygen atoms in total. The quantitative estimate of drug-likeness (QED) is 0.457. The van der Waals surface area contributed by atoms with Crippen LogP contribution in [0.2, 0.25) is 0 Å². The molecule has 4 aromatic rings. The van der Waals surface area contributed by atoms with Crippen molar-refractivity contribution < 1.29 is 14.3 Å². The van der Waals surface area contributed by atoms with Gasteiger partial charge in [-0.3, -0.25) is 9.59 Å². The molecule has 3 heterocycles.